The van der Waals surface area contributed by atoms with Crippen LogP contribution in [-0.2, 0) is 35.1 Å². The Morgan fingerprint density at radius 2 is 1.60 bits per heavy atom. The van der Waals surface area contributed by atoms with Gasteiger partial charge in [0.05, 0.1) is 45.7 Å². The summed E-state index contributed by atoms with van der Waals surface area (Å²) in [6.07, 6.45) is 5.55. The standard InChI is InChI=1S/C42H57N5O9S/c1-30(46(2)42(51)56-28-31-11-5-3-6-12-31)39(49)45-37(32-13-7-4-8-14-32)41(50)47-19-10-17-36(47)40-44-35(29-57-40)38(48)33-15-9-16-34(27-33)55-26-25-54-24-23-53-22-21-52-20-18-43/h3,5-6,9,11-12,15-16,27,29-30,32,36-37H,4,7-8,10,13-14,17-26,28,43H2,1-2H3,(H,45,49)/t30-,36-,37-/m0/s1. The first-order valence-electron chi connectivity index (χ1n) is 20.0. The Balaban J connectivity index is 1.15. The largest absolute Gasteiger partial charge is 0.491 e. The Hall–Kier alpha value is -4.41. The van der Waals surface area contributed by atoms with Gasteiger partial charge in [-0.05, 0) is 56.2 Å². The zero-order valence-electron chi connectivity index (χ0n) is 33.1. The van der Waals surface area contributed by atoms with E-state index in [-0.39, 0.29) is 30.3 Å². The molecule has 15 heteroatoms. The van der Waals surface area contributed by atoms with E-state index in [1.54, 1.807) is 36.6 Å². The summed E-state index contributed by atoms with van der Waals surface area (Å²) in [5.41, 5.74) is 6.97. The zero-order chi connectivity index (χ0) is 40.4. The predicted molar refractivity (Wildman–Crippen MR) is 215 cm³/mol. The summed E-state index contributed by atoms with van der Waals surface area (Å²) in [4.78, 5) is 62.4. The molecule has 1 saturated carbocycles. The molecule has 0 spiro atoms. The molecule has 0 unspecified atom stereocenters. The van der Waals surface area contributed by atoms with Crippen LogP contribution in [0.3, 0.4) is 0 Å². The van der Waals surface area contributed by atoms with Crippen LogP contribution in [0.4, 0.5) is 4.79 Å². The van der Waals surface area contributed by atoms with E-state index in [1.165, 1.54) is 23.3 Å². The maximum atomic E-state index is 14.4. The molecule has 3 amide bonds. The fourth-order valence-corrected chi connectivity index (χ4v) is 7.95. The number of likely N-dealkylation sites (tertiary alicyclic amines) is 1. The normalized spacial score (nSPS) is 16.8. The quantitative estimate of drug-likeness (QED) is 0.102. The Kier molecular flexibility index (Phi) is 17.7. The molecule has 2 heterocycles. The minimum atomic E-state index is -0.866. The van der Waals surface area contributed by atoms with Gasteiger partial charge in [0.15, 0.2) is 0 Å². The summed E-state index contributed by atoms with van der Waals surface area (Å²) in [6.45, 7) is 5.76. The number of benzene rings is 2. The second-order valence-corrected chi connectivity index (χ2v) is 15.2. The highest BCUT2D eigenvalue weighted by Crippen LogP contribution is 2.37. The number of nitrogens with zero attached hydrogens (tertiary/aromatic N) is 3. The second-order valence-electron chi connectivity index (χ2n) is 14.3. The van der Waals surface area contributed by atoms with Crippen molar-refractivity contribution in [1.29, 1.82) is 0 Å². The molecule has 0 radical (unpaired) electrons. The van der Waals surface area contributed by atoms with E-state index in [0.29, 0.717) is 87.8 Å². The van der Waals surface area contributed by atoms with Gasteiger partial charge in [-0.15, -0.1) is 11.3 Å². The number of amides is 3. The van der Waals surface area contributed by atoms with Gasteiger partial charge in [-0.2, -0.15) is 0 Å². The third-order valence-corrected chi connectivity index (χ3v) is 11.3. The summed E-state index contributed by atoms with van der Waals surface area (Å²) in [7, 11) is 1.52. The molecule has 3 atom stereocenters. The van der Waals surface area contributed by atoms with Crippen molar-refractivity contribution in [3.63, 3.8) is 0 Å². The molecule has 5 rings (SSSR count). The number of ether oxygens (including phenoxy) is 5. The molecule has 2 fully saturated rings. The molecule has 3 aromatic rings. The van der Waals surface area contributed by atoms with Gasteiger partial charge < -0.3 is 39.6 Å². The Morgan fingerprint density at radius 3 is 2.32 bits per heavy atom. The molecule has 1 aromatic heterocycles. The lowest BCUT2D eigenvalue weighted by Gasteiger charge is -2.35. The molecule has 2 aliphatic rings. The van der Waals surface area contributed by atoms with Crippen molar-refractivity contribution in [2.45, 2.75) is 76.6 Å². The van der Waals surface area contributed by atoms with E-state index in [1.807, 2.05) is 35.2 Å². The van der Waals surface area contributed by atoms with Crippen molar-refractivity contribution in [3.8, 4) is 5.75 Å². The molecule has 3 N–H and O–H groups in total. The van der Waals surface area contributed by atoms with Crippen LogP contribution in [0.1, 0.15) is 84.5 Å². The molecular formula is C42H57N5O9S. The summed E-state index contributed by atoms with van der Waals surface area (Å²) in [6, 6.07) is 14.4. The first-order chi connectivity index (χ1) is 27.8. The number of hydrogen-bond donors (Lipinski definition) is 2. The molecule has 310 valence electrons. The number of ketones is 1. The van der Waals surface area contributed by atoms with Gasteiger partial charge in [0, 0.05) is 31.1 Å². The number of thiazole rings is 1. The summed E-state index contributed by atoms with van der Waals surface area (Å²) in [5.74, 6) is -0.298. The number of rotatable bonds is 22. The lowest BCUT2D eigenvalue weighted by molar-refractivity contribution is -0.140. The molecule has 1 aliphatic carbocycles. The molecular weight excluding hydrogens is 751 g/mol. The fraction of sp³-hybridized carbons (Fsp3) is 0.548. The number of nitrogens with one attached hydrogen (secondary N) is 1. The van der Waals surface area contributed by atoms with Crippen molar-refractivity contribution in [1.82, 2.24) is 20.1 Å². The number of likely N-dealkylation sites (N-methyl/N-ethyl adjacent to an activating group) is 1. The first kappa shape index (κ1) is 43.7. The van der Waals surface area contributed by atoms with E-state index in [2.05, 4.69) is 5.32 Å². The second kappa shape index (κ2) is 23.1. The van der Waals surface area contributed by atoms with Crippen LogP contribution in [0.5, 0.6) is 5.75 Å². The average Bonchev–Trinajstić information content (AvgIpc) is 3.94. The number of carbonyl (C=O) groups is 4. The molecule has 1 aliphatic heterocycles. The van der Waals surface area contributed by atoms with E-state index in [0.717, 1.165) is 44.1 Å². The first-order valence-corrected chi connectivity index (χ1v) is 20.9. The van der Waals surface area contributed by atoms with Gasteiger partial charge in [-0.1, -0.05) is 61.7 Å². The van der Waals surface area contributed by atoms with Crippen LogP contribution in [0.25, 0.3) is 0 Å². The van der Waals surface area contributed by atoms with Crippen molar-refractivity contribution in [3.05, 3.63) is 81.8 Å². The summed E-state index contributed by atoms with van der Waals surface area (Å²) >= 11 is 1.36. The lowest BCUT2D eigenvalue weighted by Crippen LogP contribution is -2.56. The van der Waals surface area contributed by atoms with Crippen LogP contribution in [0.2, 0.25) is 0 Å². The van der Waals surface area contributed by atoms with Crippen molar-refractivity contribution in [2.24, 2.45) is 11.7 Å². The van der Waals surface area contributed by atoms with Crippen molar-refractivity contribution >= 4 is 35.0 Å². The minimum absolute atomic E-state index is 0.0281. The van der Waals surface area contributed by atoms with Gasteiger partial charge in [-0.3, -0.25) is 19.3 Å². The monoisotopic (exact) mass is 807 g/mol. The van der Waals surface area contributed by atoms with Gasteiger partial charge in [0.1, 0.15) is 41.7 Å². The van der Waals surface area contributed by atoms with E-state index in [9.17, 15) is 19.2 Å². The van der Waals surface area contributed by atoms with E-state index >= 15 is 0 Å². The smallest absolute Gasteiger partial charge is 0.410 e. The van der Waals surface area contributed by atoms with Gasteiger partial charge in [0.2, 0.25) is 17.6 Å². The van der Waals surface area contributed by atoms with E-state index < -0.39 is 24.1 Å². The highest BCUT2D eigenvalue weighted by molar-refractivity contribution is 7.10. The van der Waals surface area contributed by atoms with Crippen LogP contribution in [-0.4, -0.2) is 117 Å². The highest BCUT2D eigenvalue weighted by atomic mass is 32.1. The minimum Gasteiger partial charge on any atom is -0.491 e. The third-order valence-electron chi connectivity index (χ3n) is 10.3. The number of carbonyl (C=O) groups excluding carboxylic acids is 4. The van der Waals surface area contributed by atoms with Gasteiger partial charge >= 0.3 is 6.09 Å². The van der Waals surface area contributed by atoms with Crippen LogP contribution in [0, 0.1) is 5.92 Å². The Bertz CT molecular complexity index is 1720. The Labute approximate surface area is 339 Å². The van der Waals surface area contributed by atoms with Gasteiger partial charge in [-0.25, -0.2) is 9.78 Å². The predicted octanol–water partition coefficient (Wildman–Crippen LogP) is 5.15. The molecule has 0 bridgehead atoms. The number of hydrogen-bond acceptors (Lipinski definition) is 12. The lowest BCUT2D eigenvalue weighted by atomic mass is 9.83. The third kappa shape index (κ3) is 13.1. The molecule has 2 aromatic carbocycles. The highest BCUT2D eigenvalue weighted by Gasteiger charge is 2.41. The fourth-order valence-electron chi connectivity index (χ4n) is 7.01. The van der Waals surface area contributed by atoms with Crippen molar-refractivity contribution < 1.29 is 42.9 Å². The molecule has 57 heavy (non-hydrogen) atoms. The van der Waals surface area contributed by atoms with Gasteiger partial charge in [0.25, 0.3) is 0 Å². The number of aromatic nitrogens is 1. The maximum absolute atomic E-state index is 14.4. The molecule has 14 nitrogen and oxygen atoms in total. The van der Waals surface area contributed by atoms with Crippen molar-refractivity contribution in [2.75, 3.05) is 66.4 Å². The zero-order valence-corrected chi connectivity index (χ0v) is 33.9. The summed E-state index contributed by atoms with van der Waals surface area (Å²) < 4.78 is 27.6. The molecule has 1 saturated heterocycles. The number of nitrogens with two attached hydrogens (primary N) is 1. The average molecular weight is 808 g/mol. The van der Waals surface area contributed by atoms with Crippen LogP contribution in [0.15, 0.2) is 60.0 Å². The Morgan fingerprint density at radius 1 is 0.895 bits per heavy atom. The summed E-state index contributed by atoms with van der Waals surface area (Å²) in [5, 5.41) is 5.47. The SMILES string of the molecule is C[C@@H](C(=O)N[C@H](C(=O)N1CCC[C@H]1c1nc(C(=O)c2cccc(OCCOCCOCCOCCN)c2)cs1)C1CCCCC1)N(C)C(=O)OCc1ccccc1. The van der Waals surface area contributed by atoms with E-state index in [4.69, 9.17) is 34.4 Å². The topological polar surface area (TPSA) is 172 Å². The van der Waals surface area contributed by atoms with Crippen LogP contribution >= 0.6 is 11.3 Å². The maximum Gasteiger partial charge on any atom is 0.410 e. The van der Waals surface area contributed by atoms with Crippen LogP contribution < -0.4 is 15.8 Å².